The molecule has 1 saturated carbocycles. The standard InChI is InChI=1S/C15H14F5N5S/c1-9-8-13(25-15(21-9)23-14(24-25)10-2-3-10)22-11-4-6-12(7-5-11)26(16,17,18,19)20/h4-8,10,22H,2-3H2,1H3. The number of hydrogen-bond acceptors (Lipinski definition) is 4. The maximum atomic E-state index is 12.8. The van der Waals surface area contributed by atoms with Crippen LogP contribution in [0.5, 0.6) is 0 Å². The summed E-state index contributed by atoms with van der Waals surface area (Å²) in [6.45, 7) is 1.74. The molecule has 26 heavy (non-hydrogen) atoms. The predicted octanol–water partition coefficient (Wildman–Crippen LogP) is 5.71. The topological polar surface area (TPSA) is 55.1 Å². The number of nitrogens with zero attached hydrogens (tertiary/aromatic N) is 4. The van der Waals surface area contributed by atoms with E-state index in [0.29, 0.717) is 41.2 Å². The Hall–Kier alpha value is -2.43. The Morgan fingerprint density at radius 1 is 1.04 bits per heavy atom. The van der Waals surface area contributed by atoms with Crippen molar-refractivity contribution in [3.8, 4) is 0 Å². The van der Waals surface area contributed by atoms with Gasteiger partial charge >= 0.3 is 10.2 Å². The highest BCUT2D eigenvalue weighted by Crippen LogP contribution is 3.02. The van der Waals surface area contributed by atoms with Gasteiger partial charge in [-0.15, -0.1) is 5.10 Å². The molecule has 1 aromatic carbocycles. The minimum atomic E-state index is -9.68. The Kier molecular flexibility index (Phi) is 3.04. The van der Waals surface area contributed by atoms with Crippen molar-refractivity contribution in [1.82, 2.24) is 19.6 Å². The number of hydrogen-bond donors (Lipinski definition) is 1. The van der Waals surface area contributed by atoms with Crippen LogP contribution in [0, 0.1) is 6.92 Å². The van der Waals surface area contributed by atoms with Gasteiger partial charge in [0.15, 0.2) is 5.82 Å². The number of rotatable bonds is 4. The fourth-order valence-electron chi connectivity index (χ4n) is 2.55. The van der Waals surface area contributed by atoms with Gasteiger partial charge in [-0.3, -0.25) is 0 Å². The van der Waals surface area contributed by atoms with Gasteiger partial charge in [-0.1, -0.05) is 19.4 Å². The number of benzene rings is 1. The number of anilines is 2. The highest BCUT2D eigenvalue weighted by molar-refractivity contribution is 8.45. The molecule has 0 radical (unpaired) electrons. The average Bonchev–Trinajstić information content (AvgIpc) is 3.26. The Balaban J connectivity index is 1.69. The molecule has 2 aromatic heterocycles. The first-order chi connectivity index (χ1) is 11.9. The molecule has 4 rings (SSSR count). The predicted molar refractivity (Wildman–Crippen MR) is 88.6 cm³/mol. The lowest BCUT2D eigenvalue weighted by molar-refractivity contribution is 0.364. The van der Waals surface area contributed by atoms with Gasteiger partial charge in [-0.05, 0) is 44.0 Å². The summed E-state index contributed by atoms with van der Waals surface area (Å²) in [6, 6.07) is 4.29. The van der Waals surface area contributed by atoms with Crippen LogP contribution >= 0.6 is 10.2 Å². The van der Waals surface area contributed by atoms with Crippen LogP contribution in [-0.4, -0.2) is 19.6 Å². The molecule has 0 atom stereocenters. The molecule has 0 amide bonds. The lowest BCUT2D eigenvalue weighted by Crippen LogP contribution is -2.06. The van der Waals surface area contributed by atoms with E-state index in [0.717, 1.165) is 25.0 Å². The molecule has 1 aliphatic carbocycles. The van der Waals surface area contributed by atoms with Crippen molar-refractivity contribution in [1.29, 1.82) is 0 Å². The van der Waals surface area contributed by atoms with E-state index in [9.17, 15) is 19.4 Å². The minimum absolute atomic E-state index is 0.214. The molecule has 0 spiro atoms. The maximum Gasteiger partial charge on any atom is 0.310 e. The van der Waals surface area contributed by atoms with Gasteiger partial charge in [-0.25, -0.2) is 4.98 Å². The Morgan fingerprint density at radius 3 is 2.27 bits per heavy atom. The molecule has 0 aliphatic heterocycles. The molecule has 2 heterocycles. The molecule has 0 saturated heterocycles. The van der Waals surface area contributed by atoms with E-state index in [4.69, 9.17) is 0 Å². The summed E-state index contributed by atoms with van der Waals surface area (Å²) in [6.07, 6.45) is 2.02. The van der Waals surface area contributed by atoms with Gasteiger partial charge in [-0.2, -0.15) is 9.50 Å². The van der Waals surface area contributed by atoms with Crippen LogP contribution in [0.2, 0.25) is 0 Å². The zero-order valence-corrected chi connectivity index (χ0v) is 14.3. The van der Waals surface area contributed by atoms with E-state index in [1.165, 1.54) is 4.52 Å². The maximum absolute atomic E-state index is 12.8. The average molecular weight is 391 g/mol. The first-order valence-corrected chi connectivity index (χ1v) is 9.70. The van der Waals surface area contributed by atoms with Gasteiger partial charge in [0.2, 0.25) is 0 Å². The Bertz CT molecular complexity index is 1010. The van der Waals surface area contributed by atoms with E-state index >= 15 is 0 Å². The molecule has 3 aromatic rings. The second-order valence-corrected chi connectivity index (χ2v) is 8.77. The molecule has 0 unspecified atom stereocenters. The SMILES string of the molecule is Cc1cc(Nc2ccc(S(F)(F)(F)(F)F)cc2)n2nc(C3CC3)nc2n1. The van der Waals surface area contributed by atoms with Crippen molar-refractivity contribution in [2.45, 2.75) is 30.6 Å². The quantitative estimate of drug-likeness (QED) is 0.579. The van der Waals surface area contributed by atoms with Crippen LogP contribution in [0.4, 0.5) is 30.9 Å². The second kappa shape index (κ2) is 4.64. The Morgan fingerprint density at radius 2 is 1.69 bits per heavy atom. The lowest BCUT2D eigenvalue weighted by Gasteiger charge is -2.40. The normalized spacial score (nSPS) is 17.8. The first kappa shape index (κ1) is 17.0. The number of nitrogens with one attached hydrogen (secondary N) is 1. The zero-order valence-electron chi connectivity index (χ0n) is 13.5. The first-order valence-electron chi connectivity index (χ1n) is 7.74. The van der Waals surface area contributed by atoms with Crippen LogP contribution in [0.1, 0.15) is 30.3 Å². The number of aryl methyl sites for hydroxylation is 1. The fraction of sp³-hybridized carbons (Fsp3) is 0.267. The number of aromatic nitrogens is 4. The molecule has 1 fully saturated rings. The van der Waals surface area contributed by atoms with Gasteiger partial charge in [0.25, 0.3) is 5.78 Å². The summed E-state index contributed by atoms with van der Waals surface area (Å²) < 4.78 is 65.5. The number of fused-ring (bicyclic) bond motifs is 1. The summed E-state index contributed by atoms with van der Waals surface area (Å²) >= 11 is 0. The van der Waals surface area contributed by atoms with E-state index in [1.54, 1.807) is 13.0 Å². The van der Waals surface area contributed by atoms with E-state index in [1.807, 2.05) is 0 Å². The second-order valence-electron chi connectivity index (χ2n) is 6.36. The third kappa shape index (κ3) is 3.30. The molecule has 1 N–H and O–H groups in total. The minimum Gasteiger partial charge on any atom is -0.340 e. The largest absolute Gasteiger partial charge is 0.340 e. The summed E-state index contributed by atoms with van der Waals surface area (Å²) in [5.74, 6) is 1.79. The smallest absolute Gasteiger partial charge is 0.310 e. The van der Waals surface area contributed by atoms with Crippen molar-refractivity contribution < 1.29 is 19.4 Å². The van der Waals surface area contributed by atoms with Crippen molar-refractivity contribution in [3.05, 3.63) is 41.9 Å². The lowest BCUT2D eigenvalue weighted by atomic mass is 10.3. The van der Waals surface area contributed by atoms with Crippen LogP contribution in [0.3, 0.4) is 0 Å². The van der Waals surface area contributed by atoms with Crippen LogP contribution in [-0.2, 0) is 0 Å². The number of halogens is 5. The van der Waals surface area contributed by atoms with Gasteiger partial charge < -0.3 is 5.32 Å². The third-order valence-electron chi connectivity index (χ3n) is 3.97. The highest BCUT2D eigenvalue weighted by atomic mass is 32.5. The van der Waals surface area contributed by atoms with E-state index < -0.39 is 15.1 Å². The van der Waals surface area contributed by atoms with Crippen LogP contribution in [0.15, 0.2) is 35.2 Å². The molecule has 11 heteroatoms. The van der Waals surface area contributed by atoms with Crippen molar-refractivity contribution >= 4 is 27.5 Å². The van der Waals surface area contributed by atoms with E-state index in [-0.39, 0.29) is 5.69 Å². The molecular formula is C15H14F5N5S. The molecular weight excluding hydrogens is 377 g/mol. The third-order valence-corrected chi connectivity index (χ3v) is 5.13. The molecule has 140 valence electrons. The molecule has 1 aliphatic rings. The fourth-order valence-corrected chi connectivity index (χ4v) is 3.20. The van der Waals surface area contributed by atoms with Gasteiger partial charge in [0.05, 0.1) is 0 Å². The highest BCUT2D eigenvalue weighted by Gasteiger charge is 2.65. The summed E-state index contributed by atoms with van der Waals surface area (Å²) in [5.41, 5.74) is 0.851. The zero-order chi connectivity index (χ0) is 18.8. The Labute approximate surface area is 145 Å². The summed E-state index contributed by atoms with van der Waals surface area (Å²) in [7, 11) is -9.68. The van der Waals surface area contributed by atoms with Crippen molar-refractivity contribution in [2.75, 3.05) is 5.32 Å². The van der Waals surface area contributed by atoms with Crippen LogP contribution < -0.4 is 5.32 Å². The van der Waals surface area contributed by atoms with Gasteiger partial charge in [0.1, 0.15) is 10.7 Å². The van der Waals surface area contributed by atoms with E-state index in [2.05, 4.69) is 20.4 Å². The summed E-state index contributed by atoms with van der Waals surface area (Å²) in [5, 5.41) is 7.26. The monoisotopic (exact) mass is 391 g/mol. The molecule has 0 bridgehead atoms. The van der Waals surface area contributed by atoms with Crippen LogP contribution in [0.25, 0.3) is 5.78 Å². The molecule has 5 nitrogen and oxygen atoms in total. The van der Waals surface area contributed by atoms with Gasteiger partial charge in [0, 0.05) is 23.4 Å². The summed E-state index contributed by atoms with van der Waals surface area (Å²) in [4.78, 5) is 6.71. The van der Waals surface area contributed by atoms with Crippen molar-refractivity contribution in [2.24, 2.45) is 0 Å². The van der Waals surface area contributed by atoms with Crippen molar-refractivity contribution in [3.63, 3.8) is 0 Å².